The van der Waals surface area contributed by atoms with Crippen LogP contribution >= 0.6 is 0 Å². The van der Waals surface area contributed by atoms with E-state index in [-0.39, 0.29) is 17.3 Å². The molecular formula is C14H18N4O2. The van der Waals surface area contributed by atoms with E-state index in [1.807, 2.05) is 6.07 Å². The van der Waals surface area contributed by atoms with Crippen molar-refractivity contribution in [1.82, 2.24) is 4.90 Å². The molecule has 2 rings (SSSR count). The van der Waals surface area contributed by atoms with Crippen LogP contribution in [0.2, 0.25) is 0 Å². The number of hydrogen-bond donors (Lipinski definition) is 1. The fourth-order valence-corrected chi connectivity index (χ4v) is 2.56. The first-order valence-corrected chi connectivity index (χ1v) is 6.77. The Morgan fingerprint density at radius 1 is 1.50 bits per heavy atom. The van der Waals surface area contributed by atoms with Gasteiger partial charge in [0, 0.05) is 24.3 Å². The van der Waals surface area contributed by atoms with E-state index in [0.29, 0.717) is 0 Å². The highest BCUT2D eigenvalue weighted by Gasteiger charge is 2.16. The molecule has 106 valence electrons. The van der Waals surface area contributed by atoms with Crippen molar-refractivity contribution in [3.63, 3.8) is 0 Å². The largest absolute Gasteiger partial charge is 0.381 e. The molecule has 0 spiro atoms. The lowest BCUT2D eigenvalue weighted by Gasteiger charge is -2.22. The van der Waals surface area contributed by atoms with Gasteiger partial charge in [0.25, 0.3) is 5.69 Å². The summed E-state index contributed by atoms with van der Waals surface area (Å²) in [5.74, 6) is 0. The molecule has 0 amide bonds. The fraction of sp³-hybridized carbons (Fsp3) is 0.500. The number of nitro groups is 1. The third-order valence-electron chi connectivity index (χ3n) is 3.46. The molecule has 1 aromatic carbocycles. The highest BCUT2D eigenvalue weighted by Crippen LogP contribution is 2.22. The van der Waals surface area contributed by atoms with Crippen LogP contribution in [0.3, 0.4) is 0 Å². The monoisotopic (exact) mass is 274 g/mol. The summed E-state index contributed by atoms with van der Waals surface area (Å²) in [6.07, 6.45) is 2.51. The molecule has 1 aliphatic heterocycles. The predicted octanol–water partition coefficient (Wildman–Crippen LogP) is 2.36. The van der Waals surface area contributed by atoms with E-state index in [4.69, 9.17) is 5.26 Å². The third-order valence-corrected chi connectivity index (χ3v) is 3.46. The van der Waals surface area contributed by atoms with Gasteiger partial charge in [0.2, 0.25) is 0 Å². The summed E-state index contributed by atoms with van der Waals surface area (Å²) in [5, 5.41) is 23.0. The predicted molar refractivity (Wildman–Crippen MR) is 76.6 cm³/mol. The second kappa shape index (κ2) is 6.35. The lowest BCUT2D eigenvalue weighted by Crippen LogP contribution is -2.32. The van der Waals surface area contributed by atoms with Crippen LogP contribution in [0, 0.1) is 21.4 Å². The number of likely N-dealkylation sites (tertiary alicyclic amines) is 1. The average molecular weight is 274 g/mol. The number of nitrogens with one attached hydrogen (secondary N) is 1. The Hall–Kier alpha value is -2.13. The molecule has 0 aliphatic carbocycles. The van der Waals surface area contributed by atoms with Crippen LogP contribution in [-0.4, -0.2) is 35.5 Å². The van der Waals surface area contributed by atoms with Crippen molar-refractivity contribution in [2.45, 2.75) is 25.8 Å². The average Bonchev–Trinajstić information content (AvgIpc) is 2.90. The highest BCUT2D eigenvalue weighted by molar-refractivity contribution is 5.58. The molecule has 0 aromatic heterocycles. The van der Waals surface area contributed by atoms with Crippen molar-refractivity contribution in [2.75, 3.05) is 25.0 Å². The van der Waals surface area contributed by atoms with E-state index in [2.05, 4.69) is 17.1 Å². The molecule has 20 heavy (non-hydrogen) atoms. The minimum atomic E-state index is -0.532. The van der Waals surface area contributed by atoms with Gasteiger partial charge >= 0.3 is 0 Å². The Kier molecular flexibility index (Phi) is 4.53. The van der Waals surface area contributed by atoms with Crippen molar-refractivity contribution in [3.05, 3.63) is 33.9 Å². The van der Waals surface area contributed by atoms with Crippen LogP contribution in [0.15, 0.2) is 18.2 Å². The maximum atomic E-state index is 10.8. The highest BCUT2D eigenvalue weighted by atomic mass is 16.6. The van der Waals surface area contributed by atoms with Crippen LogP contribution in [0.4, 0.5) is 11.4 Å². The van der Waals surface area contributed by atoms with Gasteiger partial charge in [-0.1, -0.05) is 0 Å². The Morgan fingerprint density at radius 3 is 2.80 bits per heavy atom. The van der Waals surface area contributed by atoms with Gasteiger partial charge in [-0.25, -0.2) is 0 Å². The zero-order valence-electron chi connectivity index (χ0n) is 11.5. The van der Waals surface area contributed by atoms with Gasteiger partial charge in [-0.05, 0) is 45.0 Å². The summed E-state index contributed by atoms with van der Waals surface area (Å²) in [7, 11) is 0. The summed E-state index contributed by atoms with van der Waals surface area (Å²) < 4.78 is 0. The van der Waals surface area contributed by atoms with Gasteiger partial charge in [0.15, 0.2) is 0 Å². The first-order valence-electron chi connectivity index (χ1n) is 6.77. The van der Waals surface area contributed by atoms with Crippen molar-refractivity contribution < 1.29 is 4.92 Å². The number of rotatable bonds is 5. The van der Waals surface area contributed by atoms with Crippen LogP contribution in [-0.2, 0) is 0 Å². The van der Waals surface area contributed by atoms with Gasteiger partial charge in [-0.3, -0.25) is 10.1 Å². The zero-order valence-corrected chi connectivity index (χ0v) is 11.5. The van der Waals surface area contributed by atoms with Crippen molar-refractivity contribution >= 4 is 11.4 Å². The molecule has 1 aromatic rings. The quantitative estimate of drug-likeness (QED) is 0.658. The minimum absolute atomic E-state index is 0.0911. The molecule has 6 nitrogen and oxygen atoms in total. The Bertz CT molecular complexity index is 532. The zero-order chi connectivity index (χ0) is 14.5. The number of nitriles is 1. The van der Waals surface area contributed by atoms with Crippen LogP contribution in [0.25, 0.3) is 0 Å². The molecule has 0 radical (unpaired) electrons. The summed E-state index contributed by atoms with van der Waals surface area (Å²) in [6, 6.07) is 6.68. The van der Waals surface area contributed by atoms with Crippen LogP contribution in [0.1, 0.15) is 25.3 Å². The maximum Gasteiger partial charge on any atom is 0.287 e. The third kappa shape index (κ3) is 3.45. The standard InChI is InChI=1S/C14H18N4O2/c1-11(10-17-6-2-3-7-17)16-13-4-5-14(18(19)20)12(8-13)9-15/h4-5,8,11,16H,2-3,6-7,10H2,1H3. The van der Waals surface area contributed by atoms with Crippen molar-refractivity contribution in [1.29, 1.82) is 5.26 Å². The lowest BCUT2D eigenvalue weighted by atomic mass is 10.1. The van der Waals surface area contributed by atoms with Gasteiger partial charge < -0.3 is 10.2 Å². The molecule has 1 aliphatic rings. The summed E-state index contributed by atoms with van der Waals surface area (Å²) in [4.78, 5) is 12.6. The molecule has 1 atom stereocenters. The number of benzene rings is 1. The van der Waals surface area contributed by atoms with E-state index in [1.54, 1.807) is 12.1 Å². The van der Waals surface area contributed by atoms with Crippen molar-refractivity contribution in [2.24, 2.45) is 0 Å². The summed E-state index contributed by atoms with van der Waals surface area (Å²) >= 11 is 0. The Labute approximate surface area is 118 Å². The van der Waals surface area contributed by atoms with E-state index in [9.17, 15) is 10.1 Å². The number of anilines is 1. The van der Waals surface area contributed by atoms with Gasteiger partial charge in [0.1, 0.15) is 11.6 Å². The van der Waals surface area contributed by atoms with Gasteiger partial charge in [-0.15, -0.1) is 0 Å². The molecule has 0 saturated carbocycles. The van der Waals surface area contributed by atoms with Crippen LogP contribution < -0.4 is 5.32 Å². The summed E-state index contributed by atoms with van der Waals surface area (Å²) in [5.41, 5.74) is 0.692. The van der Waals surface area contributed by atoms with E-state index in [0.717, 1.165) is 25.3 Å². The molecule has 1 N–H and O–H groups in total. The number of hydrogen-bond acceptors (Lipinski definition) is 5. The molecule has 1 fully saturated rings. The molecule has 1 saturated heterocycles. The van der Waals surface area contributed by atoms with Gasteiger partial charge in [-0.2, -0.15) is 5.26 Å². The molecule has 1 heterocycles. The number of nitro benzene ring substituents is 1. The van der Waals surface area contributed by atoms with Crippen LogP contribution in [0.5, 0.6) is 0 Å². The SMILES string of the molecule is CC(CN1CCCC1)Nc1ccc([N+](=O)[O-])c(C#N)c1. The molecule has 0 bridgehead atoms. The summed E-state index contributed by atoms with van der Waals surface area (Å²) in [6.45, 7) is 5.29. The minimum Gasteiger partial charge on any atom is -0.381 e. The first kappa shape index (κ1) is 14.3. The smallest absolute Gasteiger partial charge is 0.287 e. The second-order valence-corrected chi connectivity index (χ2v) is 5.15. The maximum absolute atomic E-state index is 10.8. The Balaban J connectivity index is 2.02. The molecular weight excluding hydrogens is 256 g/mol. The second-order valence-electron chi connectivity index (χ2n) is 5.15. The van der Waals surface area contributed by atoms with E-state index in [1.165, 1.54) is 18.9 Å². The number of nitrogens with zero attached hydrogens (tertiary/aromatic N) is 3. The van der Waals surface area contributed by atoms with Crippen molar-refractivity contribution in [3.8, 4) is 6.07 Å². The molecule has 6 heteroatoms. The Morgan fingerprint density at radius 2 is 2.20 bits per heavy atom. The van der Waals surface area contributed by atoms with Gasteiger partial charge in [0.05, 0.1) is 4.92 Å². The normalized spacial score (nSPS) is 16.6. The molecule has 1 unspecified atom stereocenters. The van der Waals surface area contributed by atoms with E-state index < -0.39 is 4.92 Å². The van der Waals surface area contributed by atoms with E-state index >= 15 is 0 Å². The lowest BCUT2D eigenvalue weighted by molar-refractivity contribution is -0.385. The topological polar surface area (TPSA) is 82.2 Å². The fourth-order valence-electron chi connectivity index (χ4n) is 2.56. The first-order chi connectivity index (χ1) is 9.60.